The first-order valence-corrected chi connectivity index (χ1v) is 11.1. The largest absolute Gasteiger partial charge is 0.503 e. The number of carboxylic acid groups (broad SMARTS) is 1. The number of nitrogens with zero attached hydrogens (tertiary/aromatic N) is 1. The molecule has 0 radical (unpaired) electrons. The molecule has 6 heteroatoms. The molecular weight excluding hydrogens is 430 g/mol. The zero-order valence-electron chi connectivity index (χ0n) is 19.8. The third-order valence-electron chi connectivity index (χ3n) is 4.90. The first-order valence-electron chi connectivity index (χ1n) is 11.1. The molecule has 34 heavy (non-hydrogen) atoms. The Morgan fingerprint density at radius 2 is 1.91 bits per heavy atom. The van der Waals surface area contributed by atoms with Crippen molar-refractivity contribution in [3.8, 4) is 0 Å². The van der Waals surface area contributed by atoms with Crippen molar-refractivity contribution in [2.75, 3.05) is 0 Å². The van der Waals surface area contributed by atoms with E-state index in [9.17, 15) is 14.7 Å². The van der Waals surface area contributed by atoms with Crippen LogP contribution in [0.3, 0.4) is 0 Å². The van der Waals surface area contributed by atoms with Crippen LogP contribution in [0.4, 0.5) is 0 Å². The van der Waals surface area contributed by atoms with Crippen LogP contribution in [-0.4, -0.2) is 26.9 Å². The molecule has 0 aromatic heterocycles. The third kappa shape index (κ3) is 8.13. The second kappa shape index (κ2) is 13.5. The number of hydrogen-bond donors (Lipinski definition) is 2. The second-order valence-corrected chi connectivity index (χ2v) is 7.49. The Morgan fingerprint density at radius 1 is 1.15 bits per heavy atom. The minimum atomic E-state index is -1.13. The predicted molar refractivity (Wildman–Crippen MR) is 134 cm³/mol. The molecule has 0 heterocycles. The van der Waals surface area contributed by atoms with Gasteiger partial charge in [-0.2, -0.15) is 0 Å². The van der Waals surface area contributed by atoms with Crippen LogP contribution in [-0.2, 0) is 20.9 Å². The first-order chi connectivity index (χ1) is 16.3. The highest BCUT2D eigenvalue weighted by Gasteiger charge is 2.16. The summed E-state index contributed by atoms with van der Waals surface area (Å²) in [4.78, 5) is 24.1. The number of ether oxygens (including phenoxy) is 1. The van der Waals surface area contributed by atoms with E-state index in [1.165, 1.54) is 24.2 Å². The molecule has 2 N–H and O–H groups in total. The number of allylic oxidation sites excluding steroid dienone is 9. The zero-order valence-corrected chi connectivity index (χ0v) is 19.8. The highest BCUT2D eigenvalue weighted by atomic mass is 16.5. The van der Waals surface area contributed by atoms with Crippen molar-refractivity contribution in [2.24, 2.45) is 0 Å². The van der Waals surface area contributed by atoms with Gasteiger partial charge in [-0.05, 0) is 49.1 Å². The van der Waals surface area contributed by atoms with Gasteiger partial charge >= 0.3 is 5.97 Å². The van der Waals surface area contributed by atoms with Gasteiger partial charge in [-0.15, -0.1) is 0 Å². The molecule has 6 nitrogen and oxygen atoms in total. The lowest BCUT2D eigenvalue weighted by Gasteiger charge is -2.20. The Bertz CT molecular complexity index is 1100. The summed E-state index contributed by atoms with van der Waals surface area (Å²) in [6, 6.07) is 7.71. The molecule has 1 aromatic carbocycles. The Balaban J connectivity index is 2.53. The number of carbonyl (C=O) groups is 2. The topological polar surface area (TPSA) is 87.1 Å². The molecule has 0 saturated carbocycles. The van der Waals surface area contributed by atoms with Gasteiger partial charge in [-0.3, -0.25) is 4.79 Å². The molecule has 0 amide bonds. The fourth-order valence-electron chi connectivity index (χ4n) is 3.20. The van der Waals surface area contributed by atoms with Crippen molar-refractivity contribution in [2.45, 2.75) is 40.2 Å². The van der Waals surface area contributed by atoms with E-state index in [4.69, 9.17) is 9.84 Å². The molecule has 0 unspecified atom stereocenters. The van der Waals surface area contributed by atoms with E-state index in [0.29, 0.717) is 12.2 Å². The molecule has 0 atom stereocenters. The second-order valence-electron chi connectivity index (χ2n) is 7.49. The first kappa shape index (κ1) is 26.2. The van der Waals surface area contributed by atoms with E-state index < -0.39 is 17.5 Å². The fraction of sp³-hybridized carbons (Fsp3) is 0.214. The van der Waals surface area contributed by atoms with Gasteiger partial charge < -0.3 is 19.8 Å². The van der Waals surface area contributed by atoms with Gasteiger partial charge in [-0.1, -0.05) is 55.5 Å². The van der Waals surface area contributed by atoms with Crippen molar-refractivity contribution in [1.82, 2.24) is 4.90 Å². The van der Waals surface area contributed by atoms with Crippen molar-refractivity contribution >= 4 is 17.3 Å². The van der Waals surface area contributed by atoms with E-state index in [-0.39, 0.29) is 6.54 Å². The average molecular weight is 462 g/mol. The Hall–Kier alpha value is -4.06. The van der Waals surface area contributed by atoms with Crippen LogP contribution < -0.4 is 0 Å². The summed E-state index contributed by atoms with van der Waals surface area (Å²) in [7, 11) is 0. The molecule has 0 aliphatic heterocycles. The van der Waals surface area contributed by atoms with E-state index in [1.807, 2.05) is 73.7 Å². The summed E-state index contributed by atoms with van der Waals surface area (Å²) < 4.78 is 6.25. The molecular formula is C28H31NO5. The van der Waals surface area contributed by atoms with Gasteiger partial charge in [0, 0.05) is 37.5 Å². The normalized spacial score (nSPS) is 14.7. The summed E-state index contributed by atoms with van der Waals surface area (Å²) in [5, 5.41) is 19.0. The molecule has 0 fully saturated rings. The maximum atomic E-state index is 11.5. The van der Waals surface area contributed by atoms with Crippen LogP contribution in [0, 0.1) is 0 Å². The number of hydrogen-bond acceptors (Lipinski definition) is 5. The number of carboxylic acids is 1. The number of rotatable bonds is 11. The fourth-order valence-corrected chi connectivity index (χ4v) is 3.20. The van der Waals surface area contributed by atoms with Crippen molar-refractivity contribution in [3.05, 3.63) is 114 Å². The summed E-state index contributed by atoms with van der Waals surface area (Å²) in [6.07, 6.45) is 18.7. The van der Waals surface area contributed by atoms with Crippen molar-refractivity contribution < 1.29 is 24.5 Å². The van der Waals surface area contributed by atoms with Crippen LogP contribution in [0.25, 0.3) is 5.57 Å². The quantitative estimate of drug-likeness (QED) is 0.232. The van der Waals surface area contributed by atoms with Crippen LogP contribution >= 0.6 is 0 Å². The third-order valence-corrected chi connectivity index (χ3v) is 4.90. The molecule has 178 valence electrons. The molecule has 1 aliphatic carbocycles. The summed E-state index contributed by atoms with van der Waals surface area (Å²) in [6.45, 7) is 5.45. The van der Waals surface area contributed by atoms with Crippen LogP contribution in [0.1, 0.15) is 44.7 Å². The minimum Gasteiger partial charge on any atom is -0.503 e. The highest BCUT2D eigenvalue weighted by molar-refractivity contribution is 5.90. The number of carbonyl (C=O) groups excluding carboxylic acids is 1. The van der Waals surface area contributed by atoms with Crippen molar-refractivity contribution in [1.29, 1.82) is 0 Å². The number of aliphatic hydroxyl groups excluding tert-OH is 1. The maximum absolute atomic E-state index is 11.5. The number of aliphatic hydroxyl groups is 1. The predicted octanol–water partition coefficient (Wildman–Crippen LogP) is 6.19. The van der Waals surface area contributed by atoms with E-state index in [0.717, 1.165) is 35.0 Å². The average Bonchev–Trinajstić information content (AvgIpc) is 3.05. The molecule has 1 aromatic rings. The lowest BCUT2D eigenvalue weighted by Crippen LogP contribution is -2.14. The molecule has 0 saturated heterocycles. The van der Waals surface area contributed by atoms with Gasteiger partial charge in [0.2, 0.25) is 0 Å². The van der Waals surface area contributed by atoms with Gasteiger partial charge in [-0.25, -0.2) is 4.79 Å². The van der Waals surface area contributed by atoms with Crippen LogP contribution in [0.2, 0.25) is 0 Å². The summed E-state index contributed by atoms with van der Waals surface area (Å²) in [5.74, 6) is -0.666. The van der Waals surface area contributed by atoms with Gasteiger partial charge in [0.25, 0.3) is 0 Å². The highest BCUT2D eigenvalue weighted by Crippen LogP contribution is 2.31. The number of benzene rings is 1. The lowest BCUT2D eigenvalue weighted by molar-refractivity contribution is -0.131. The van der Waals surface area contributed by atoms with E-state index in [1.54, 1.807) is 0 Å². The van der Waals surface area contributed by atoms with Crippen LogP contribution in [0.15, 0.2) is 103 Å². The number of aliphatic carboxylic acids is 1. The van der Waals surface area contributed by atoms with Gasteiger partial charge in [0.05, 0.1) is 0 Å². The van der Waals surface area contributed by atoms with E-state index >= 15 is 0 Å². The minimum absolute atomic E-state index is 0.230. The Kier molecular flexibility index (Phi) is 10.4. The smallest absolute Gasteiger partial charge is 0.329 e. The maximum Gasteiger partial charge on any atom is 0.329 e. The Labute approximate surface area is 200 Å². The monoisotopic (exact) mass is 461 g/mol. The standard InChI is InChI=1S/C28H31NO5/c1-4-6-13-23(5-2)34-27-16-9-7-8-15-25(27)24-14-11-10-12-22(24)19-29(18-17-28(32)33)20-26(31)21(3)30/h5-14,16-18,20,31H,4,15,19H2,1-3H3,(H,32,33)/b13-6-,18-17+,23-5+,26-20+. The molecule has 2 rings (SSSR count). The van der Waals surface area contributed by atoms with Gasteiger partial charge in [0.1, 0.15) is 11.5 Å². The molecule has 1 aliphatic rings. The molecule has 0 spiro atoms. The lowest BCUT2D eigenvalue weighted by atomic mass is 9.96. The van der Waals surface area contributed by atoms with Crippen LogP contribution in [0.5, 0.6) is 0 Å². The summed E-state index contributed by atoms with van der Waals surface area (Å²) in [5.41, 5.74) is 2.76. The van der Waals surface area contributed by atoms with Gasteiger partial charge in [0.15, 0.2) is 11.5 Å². The summed E-state index contributed by atoms with van der Waals surface area (Å²) >= 11 is 0. The molecule has 0 bridgehead atoms. The Morgan fingerprint density at radius 3 is 2.59 bits per heavy atom. The SMILES string of the molecule is C/C=C(\C=C/CC)OC1=C(c2ccccc2CN(/C=C/C(=O)O)/C=C(/O)C(C)=O)CC=CC=C1. The number of Topliss-reactive ketones (excluding diaryl/α,β-unsaturated/α-hetero) is 1. The number of ketones is 1. The van der Waals surface area contributed by atoms with Crippen molar-refractivity contribution in [3.63, 3.8) is 0 Å². The zero-order chi connectivity index (χ0) is 24.9. The van der Waals surface area contributed by atoms with E-state index in [2.05, 4.69) is 6.92 Å².